The van der Waals surface area contributed by atoms with Gasteiger partial charge in [-0.25, -0.2) is 0 Å². The lowest BCUT2D eigenvalue weighted by molar-refractivity contribution is 1.09. The molecule has 1 aromatic carbocycles. The van der Waals surface area contributed by atoms with E-state index in [1.165, 1.54) is 16.9 Å². The molecule has 72 valence electrons. The Kier molecular flexibility index (Phi) is 6.99. The number of hydrogen-bond acceptors (Lipinski definition) is 0. The van der Waals surface area contributed by atoms with Crippen LogP contribution >= 0.6 is 0 Å². The van der Waals surface area contributed by atoms with Crippen LogP contribution in [-0.4, -0.2) is 0 Å². The number of benzene rings is 1. The first kappa shape index (κ1) is 12.0. The molecule has 0 heteroatoms. The molecule has 0 nitrogen and oxygen atoms in total. The minimum absolute atomic E-state index is 1.25. The van der Waals surface area contributed by atoms with Crippen molar-refractivity contribution in [1.82, 2.24) is 0 Å². The Hall–Kier alpha value is -1.04. The van der Waals surface area contributed by atoms with Crippen molar-refractivity contribution in [3.05, 3.63) is 34.7 Å². The Morgan fingerprint density at radius 1 is 0.923 bits per heavy atom. The molecule has 0 radical (unpaired) electrons. The van der Waals surface area contributed by atoms with Gasteiger partial charge in [0.25, 0.3) is 0 Å². The molecule has 0 N–H and O–H groups in total. The van der Waals surface area contributed by atoms with Crippen LogP contribution in [0.2, 0.25) is 0 Å². The van der Waals surface area contributed by atoms with Crippen molar-refractivity contribution < 1.29 is 0 Å². The molecule has 0 heterocycles. The molecule has 0 saturated carbocycles. The molecule has 0 spiro atoms. The second-order valence-electron chi connectivity index (χ2n) is 2.91. The first-order valence-electron chi connectivity index (χ1n) is 4.97. The van der Waals surface area contributed by atoms with Crippen LogP contribution in [0.3, 0.4) is 0 Å². The number of hydrogen-bond donors (Lipinski definition) is 0. The average Bonchev–Trinajstić information content (AvgIpc) is 2.19. The topological polar surface area (TPSA) is 0 Å². The van der Waals surface area contributed by atoms with E-state index in [4.69, 9.17) is 0 Å². The third-order valence-corrected chi connectivity index (χ3v) is 1.62. The Labute approximate surface area is 81.6 Å². The van der Waals surface area contributed by atoms with E-state index in [0.717, 1.165) is 0 Å². The van der Waals surface area contributed by atoms with Crippen molar-refractivity contribution in [2.75, 3.05) is 0 Å². The van der Waals surface area contributed by atoms with Crippen LogP contribution in [0.25, 0.3) is 12.2 Å². The SMILES string of the molecule is C/C=c1/cccc/c1=C/C.CCC. The first-order chi connectivity index (χ1) is 6.29. The van der Waals surface area contributed by atoms with Crippen LogP contribution in [0.1, 0.15) is 34.1 Å². The van der Waals surface area contributed by atoms with Gasteiger partial charge in [-0.1, -0.05) is 56.7 Å². The molecule has 1 aromatic rings. The van der Waals surface area contributed by atoms with Gasteiger partial charge >= 0.3 is 0 Å². The standard InChI is InChI=1S/C10H12.C3H8/c1-3-9-7-5-6-8-10(9)4-2;1-3-2/h3-8H,1-2H3;3H2,1-2H3/b9-3-,10-4-;. The van der Waals surface area contributed by atoms with E-state index in [1.807, 2.05) is 0 Å². The summed E-state index contributed by atoms with van der Waals surface area (Å²) in [6.07, 6.45) is 5.49. The molecule has 0 amide bonds. The molecule has 0 atom stereocenters. The lowest BCUT2D eigenvalue weighted by atomic mass is 10.2. The van der Waals surface area contributed by atoms with Crippen molar-refractivity contribution in [3.63, 3.8) is 0 Å². The van der Waals surface area contributed by atoms with Gasteiger partial charge in [0.15, 0.2) is 0 Å². The second kappa shape index (κ2) is 7.60. The van der Waals surface area contributed by atoms with Crippen molar-refractivity contribution in [2.45, 2.75) is 34.1 Å². The zero-order valence-electron chi connectivity index (χ0n) is 9.17. The Balaban J connectivity index is 0.000000424. The van der Waals surface area contributed by atoms with E-state index in [1.54, 1.807) is 0 Å². The molecule has 0 aliphatic rings. The van der Waals surface area contributed by atoms with Crippen LogP contribution in [0.5, 0.6) is 0 Å². The Bertz CT molecular complexity index is 287. The first-order valence-corrected chi connectivity index (χ1v) is 4.97. The van der Waals surface area contributed by atoms with Gasteiger partial charge in [0.05, 0.1) is 0 Å². The Morgan fingerprint density at radius 2 is 1.23 bits per heavy atom. The lowest BCUT2D eigenvalue weighted by Gasteiger charge is -1.85. The third-order valence-electron chi connectivity index (χ3n) is 1.62. The van der Waals surface area contributed by atoms with Gasteiger partial charge in [-0.3, -0.25) is 0 Å². The van der Waals surface area contributed by atoms with Crippen molar-refractivity contribution in [1.29, 1.82) is 0 Å². The highest BCUT2D eigenvalue weighted by Gasteiger charge is 1.77. The highest BCUT2D eigenvalue weighted by atomic mass is 13.8. The minimum atomic E-state index is 1.25. The zero-order valence-corrected chi connectivity index (χ0v) is 9.17. The van der Waals surface area contributed by atoms with Gasteiger partial charge in [0.2, 0.25) is 0 Å². The fourth-order valence-electron chi connectivity index (χ4n) is 1.04. The van der Waals surface area contributed by atoms with E-state index in [9.17, 15) is 0 Å². The molecule has 1 rings (SSSR count). The molecule has 0 aliphatic carbocycles. The second-order valence-corrected chi connectivity index (χ2v) is 2.91. The summed E-state index contributed by atoms with van der Waals surface area (Å²) in [7, 11) is 0. The van der Waals surface area contributed by atoms with E-state index in [0.29, 0.717) is 0 Å². The predicted octanol–water partition coefficient (Wildman–Crippen LogP) is 2.70. The van der Waals surface area contributed by atoms with E-state index < -0.39 is 0 Å². The summed E-state index contributed by atoms with van der Waals surface area (Å²) in [5, 5.41) is 2.62. The Morgan fingerprint density at radius 3 is 1.46 bits per heavy atom. The maximum Gasteiger partial charge on any atom is -0.0230 e. The van der Waals surface area contributed by atoms with Crippen LogP contribution in [-0.2, 0) is 0 Å². The fourth-order valence-corrected chi connectivity index (χ4v) is 1.04. The number of rotatable bonds is 0. The molecule has 0 fully saturated rings. The van der Waals surface area contributed by atoms with Crippen molar-refractivity contribution >= 4 is 12.2 Å². The maximum atomic E-state index is 2.12. The summed E-state index contributed by atoms with van der Waals surface area (Å²) in [4.78, 5) is 0. The highest BCUT2D eigenvalue weighted by Crippen LogP contribution is 1.71. The predicted molar refractivity (Wildman–Crippen MR) is 61.9 cm³/mol. The summed E-state index contributed by atoms with van der Waals surface area (Å²) < 4.78 is 0. The summed E-state index contributed by atoms with van der Waals surface area (Å²) in [6, 6.07) is 8.36. The van der Waals surface area contributed by atoms with Crippen LogP contribution in [0.15, 0.2) is 24.3 Å². The molecule has 0 bridgehead atoms. The normalized spacial score (nSPS) is 12.3. The van der Waals surface area contributed by atoms with Gasteiger partial charge < -0.3 is 0 Å². The molecular formula is C13H20. The van der Waals surface area contributed by atoms with E-state index in [-0.39, 0.29) is 0 Å². The van der Waals surface area contributed by atoms with Gasteiger partial charge in [-0.15, -0.1) is 0 Å². The summed E-state index contributed by atoms with van der Waals surface area (Å²) in [6.45, 7) is 8.37. The van der Waals surface area contributed by atoms with Gasteiger partial charge in [0.1, 0.15) is 0 Å². The smallest absolute Gasteiger partial charge is 0.0230 e. The van der Waals surface area contributed by atoms with Gasteiger partial charge in [0, 0.05) is 0 Å². The maximum absolute atomic E-state index is 2.12. The van der Waals surface area contributed by atoms with Crippen LogP contribution < -0.4 is 10.4 Å². The van der Waals surface area contributed by atoms with Crippen molar-refractivity contribution in [3.8, 4) is 0 Å². The van der Waals surface area contributed by atoms with E-state index in [2.05, 4.69) is 64.1 Å². The summed E-state index contributed by atoms with van der Waals surface area (Å²) in [5.41, 5.74) is 0. The summed E-state index contributed by atoms with van der Waals surface area (Å²) in [5.74, 6) is 0. The molecule has 13 heavy (non-hydrogen) atoms. The summed E-state index contributed by atoms with van der Waals surface area (Å²) >= 11 is 0. The monoisotopic (exact) mass is 176 g/mol. The largest absolute Gasteiger partial charge is 0.0798 e. The van der Waals surface area contributed by atoms with Crippen LogP contribution in [0.4, 0.5) is 0 Å². The highest BCUT2D eigenvalue weighted by molar-refractivity contribution is 5.28. The van der Waals surface area contributed by atoms with Crippen LogP contribution in [0, 0.1) is 0 Å². The molecule has 0 saturated heterocycles. The minimum Gasteiger partial charge on any atom is -0.0798 e. The molecule has 0 aliphatic heterocycles. The average molecular weight is 176 g/mol. The lowest BCUT2D eigenvalue weighted by Crippen LogP contribution is -2.22. The quantitative estimate of drug-likeness (QED) is 0.570. The van der Waals surface area contributed by atoms with E-state index >= 15 is 0 Å². The molecule has 0 unspecified atom stereocenters. The van der Waals surface area contributed by atoms with Gasteiger partial charge in [-0.2, -0.15) is 0 Å². The zero-order chi connectivity index (χ0) is 10.1. The van der Waals surface area contributed by atoms with Gasteiger partial charge in [-0.05, 0) is 24.3 Å². The third kappa shape index (κ3) is 4.51. The molecule has 0 aromatic heterocycles. The fraction of sp³-hybridized carbons (Fsp3) is 0.385. The molecular weight excluding hydrogens is 156 g/mol. The van der Waals surface area contributed by atoms with Crippen molar-refractivity contribution in [2.24, 2.45) is 0 Å².